The Morgan fingerprint density at radius 2 is 1.62 bits per heavy atom. The van der Waals surface area contributed by atoms with Gasteiger partial charge in [-0.3, -0.25) is 9.59 Å². The molecule has 37 heavy (non-hydrogen) atoms. The van der Waals surface area contributed by atoms with E-state index in [1.54, 1.807) is 0 Å². The van der Waals surface area contributed by atoms with Crippen LogP contribution in [0.4, 0.5) is 0 Å². The third kappa shape index (κ3) is 5.99. The zero-order valence-corrected chi connectivity index (χ0v) is 26.1. The highest BCUT2D eigenvalue weighted by atomic mass is 32.2. The SMILES string of the molecule is CCC(C)C(=O)OC1CC[C@@]2(C)C(CCC3C4CCC(C(C)CCC(=O)SC(C)(C)C)[C@@]4(C)CCC32)C1. The third-order valence-corrected chi connectivity index (χ3v) is 12.9. The molecule has 0 amide bonds. The summed E-state index contributed by atoms with van der Waals surface area (Å²) in [6, 6.07) is 0. The number of hydrogen-bond acceptors (Lipinski definition) is 4. The first-order valence-corrected chi connectivity index (χ1v) is 16.5. The second-order valence-electron chi connectivity index (χ2n) is 15.1. The van der Waals surface area contributed by atoms with Crippen LogP contribution in [0.15, 0.2) is 0 Å². The monoisotopic (exact) mass is 532 g/mol. The van der Waals surface area contributed by atoms with Crippen LogP contribution in [0.2, 0.25) is 0 Å². The highest BCUT2D eigenvalue weighted by Gasteiger charge is 2.60. The van der Waals surface area contributed by atoms with Gasteiger partial charge in [-0.2, -0.15) is 0 Å². The standard InChI is InChI=1S/C33H56O3S/c1-9-21(2)30(35)36-24-16-18-32(7)23(20-24)11-12-25-27-14-13-26(33(27,8)19-17-28(25)32)22(3)10-15-29(34)37-31(4,5)6/h21-28H,9-20H2,1-8H3/t21?,22?,23?,24?,25?,26?,27?,28?,32-,33+/m0/s1. The fourth-order valence-electron chi connectivity index (χ4n) is 9.69. The Balaban J connectivity index is 1.37. The van der Waals surface area contributed by atoms with Gasteiger partial charge in [0.25, 0.3) is 0 Å². The van der Waals surface area contributed by atoms with E-state index in [0.29, 0.717) is 27.8 Å². The van der Waals surface area contributed by atoms with Gasteiger partial charge in [0.15, 0.2) is 5.12 Å². The molecule has 4 aliphatic rings. The molecule has 8 unspecified atom stereocenters. The van der Waals surface area contributed by atoms with Crippen molar-refractivity contribution in [2.24, 2.45) is 52.3 Å². The minimum Gasteiger partial charge on any atom is -0.462 e. The zero-order chi connectivity index (χ0) is 27.2. The molecule has 4 aliphatic carbocycles. The molecular weight excluding hydrogens is 476 g/mol. The first-order valence-electron chi connectivity index (χ1n) is 15.7. The number of carbonyl (C=O) groups is 2. The lowest BCUT2D eigenvalue weighted by Gasteiger charge is -2.61. The fraction of sp³-hybridized carbons (Fsp3) is 0.939. The van der Waals surface area contributed by atoms with E-state index in [-0.39, 0.29) is 22.7 Å². The molecule has 0 aliphatic heterocycles. The average Bonchev–Trinajstić information content (AvgIpc) is 3.18. The maximum Gasteiger partial charge on any atom is 0.308 e. The van der Waals surface area contributed by atoms with Crippen LogP contribution < -0.4 is 0 Å². The predicted octanol–water partition coefficient (Wildman–Crippen LogP) is 9.08. The van der Waals surface area contributed by atoms with E-state index in [0.717, 1.165) is 55.8 Å². The molecule has 0 heterocycles. The molecular formula is C33H56O3S. The van der Waals surface area contributed by atoms with Crippen molar-refractivity contribution in [3.8, 4) is 0 Å². The van der Waals surface area contributed by atoms with Crippen molar-refractivity contribution < 1.29 is 14.3 Å². The summed E-state index contributed by atoms with van der Waals surface area (Å²) in [5, 5.41) is 0.374. The Bertz CT molecular complexity index is 832. The summed E-state index contributed by atoms with van der Waals surface area (Å²) in [4.78, 5) is 25.0. The molecule has 0 N–H and O–H groups in total. The van der Waals surface area contributed by atoms with E-state index < -0.39 is 0 Å². The van der Waals surface area contributed by atoms with Gasteiger partial charge in [-0.15, -0.1) is 0 Å². The van der Waals surface area contributed by atoms with Crippen LogP contribution in [-0.2, 0) is 14.3 Å². The molecule has 212 valence electrons. The second-order valence-corrected chi connectivity index (χ2v) is 17.0. The van der Waals surface area contributed by atoms with Gasteiger partial charge >= 0.3 is 5.97 Å². The van der Waals surface area contributed by atoms with Crippen molar-refractivity contribution in [1.29, 1.82) is 0 Å². The maximum absolute atomic E-state index is 12.6. The van der Waals surface area contributed by atoms with E-state index in [1.165, 1.54) is 56.7 Å². The predicted molar refractivity (Wildman–Crippen MR) is 155 cm³/mol. The number of rotatable bonds is 7. The van der Waals surface area contributed by atoms with Gasteiger partial charge < -0.3 is 4.74 Å². The molecule has 0 radical (unpaired) electrons. The first kappa shape index (κ1) is 29.5. The second kappa shape index (κ2) is 11.2. The molecule has 3 nitrogen and oxygen atoms in total. The van der Waals surface area contributed by atoms with E-state index in [2.05, 4.69) is 48.5 Å². The van der Waals surface area contributed by atoms with Crippen LogP contribution in [0, 0.1) is 52.3 Å². The number of fused-ring (bicyclic) bond motifs is 5. The van der Waals surface area contributed by atoms with E-state index >= 15 is 0 Å². The van der Waals surface area contributed by atoms with Crippen LogP contribution in [0.1, 0.15) is 132 Å². The molecule has 4 heteroatoms. The van der Waals surface area contributed by atoms with Gasteiger partial charge in [-0.05, 0) is 117 Å². The lowest BCUT2D eigenvalue weighted by molar-refractivity contribution is -0.166. The fourth-order valence-corrected chi connectivity index (χ4v) is 10.6. The van der Waals surface area contributed by atoms with Gasteiger partial charge in [-0.1, -0.05) is 67.2 Å². The van der Waals surface area contributed by atoms with Crippen molar-refractivity contribution in [2.75, 3.05) is 0 Å². The van der Waals surface area contributed by atoms with Crippen molar-refractivity contribution in [3.63, 3.8) is 0 Å². The Labute approximate surface area is 232 Å². The molecule has 0 spiro atoms. The molecule has 10 atom stereocenters. The summed E-state index contributed by atoms with van der Waals surface area (Å²) in [5.74, 6) is 4.73. The van der Waals surface area contributed by atoms with E-state index in [4.69, 9.17) is 4.74 Å². The molecule has 0 aromatic carbocycles. The van der Waals surface area contributed by atoms with Crippen LogP contribution in [0.5, 0.6) is 0 Å². The quantitative estimate of drug-likeness (QED) is 0.307. The highest BCUT2D eigenvalue weighted by molar-refractivity contribution is 8.14. The molecule has 0 saturated heterocycles. The summed E-state index contributed by atoms with van der Waals surface area (Å²) in [6.07, 6.45) is 14.4. The molecule has 0 aromatic rings. The van der Waals surface area contributed by atoms with E-state index in [9.17, 15) is 9.59 Å². The smallest absolute Gasteiger partial charge is 0.308 e. The number of carbonyl (C=O) groups excluding carboxylic acids is 2. The van der Waals surface area contributed by atoms with E-state index in [1.807, 2.05) is 6.92 Å². The van der Waals surface area contributed by atoms with Crippen LogP contribution in [0.3, 0.4) is 0 Å². The minimum absolute atomic E-state index is 0.0167. The molecule has 4 rings (SSSR count). The molecule has 4 saturated carbocycles. The topological polar surface area (TPSA) is 43.4 Å². The van der Waals surface area contributed by atoms with Gasteiger partial charge in [0, 0.05) is 11.2 Å². The molecule has 0 bridgehead atoms. The highest BCUT2D eigenvalue weighted by Crippen LogP contribution is 2.68. The van der Waals surface area contributed by atoms with Crippen LogP contribution >= 0.6 is 11.8 Å². The number of esters is 1. The van der Waals surface area contributed by atoms with Crippen molar-refractivity contribution in [2.45, 2.75) is 143 Å². The van der Waals surface area contributed by atoms with Crippen molar-refractivity contribution >= 4 is 22.8 Å². The molecule has 4 fully saturated rings. The number of thioether (sulfide) groups is 1. The van der Waals surface area contributed by atoms with Crippen molar-refractivity contribution in [3.05, 3.63) is 0 Å². The molecule has 0 aromatic heterocycles. The lowest BCUT2D eigenvalue weighted by atomic mass is 9.44. The largest absolute Gasteiger partial charge is 0.462 e. The normalized spacial score (nSPS) is 41.2. The summed E-state index contributed by atoms with van der Waals surface area (Å²) in [6.45, 7) is 18.2. The average molecular weight is 533 g/mol. The minimum atomic E-state index is 0.0167. The summed E-state index contributed by atoms with van der Waals surface area (Å²) in [5.41, 5.74) is 0.872. The lowest BCUT2D eigenvalue weighted by Crippen LogP contribution is -2.54. The summed E-state index contributed by atoms with van der Waals surface area (Å²) >= 11 is 1.53. The first-order chi connectivity index (χ1) is 17.3. The van der Waals surface area contributed by atoms with Gasteiger partial charge in [-0.25, -0.2) is 0 Å². The number of ether oxygens (including phenoxy) is 1. The Kier molecular flexibility index (Phi) is 8.89. The Morgan fingerprint density at radius 1 is 0.946 bits per heavy atom. The third-order valence-electron chi connectivity index (χ3n) is 11.9. The number of hydrogen-bond donors (Lipinski definition) is 0. The zero-order valence-electron chi connectivity index (χ0n) is 25.2. The van der Waals surface area contributed by atoms with Gasteiger partial charge in [0.1, 0.15) is 6.10 Å². The van der Waals surface area contributed by atoms with Gasteiger partial charge in [0.05, 0.1) is 5.92 Å². The Hall–Kier alpha value is -0.510. The summed E-state index contributed by atoms with van der Waals surface area (Å²) in [7, 11) is 0. The van der Waals surface area contributed by atoms with Gasteiger partial charge in [0.2, 0.25) is 0 Å². The summed E-state index contributed by atoms with van der Waals surface area (Å²) < 4.78 is 6.02. The van der Waals surface area contributed by atoms with Crippen molar-refractivity contribution in [1.82, 2.24) is 0 Å². The maximum atomic E-state index is 12.6. The Morgan fingerprint density at radius 3 is 2.30 bits per heavy atom. The van der Waals surface area contributed by atoms with Crippen LogP contribution in [-0.4, -0.2) is 21.9 Å². The van der Waals surface area contributed by atoms with Crippen LogP contribution in [0.25, 0.3) is 0 Å².